The summed E-state index contributed by atoms with van der Waals surface area (Å²) in [7, 11) is 0. The molecule has 0 saturated carbocycles. The van der Waals surface area contributed by atoms with Gasteiger partial charge in [0.25, 0.3) is 0 Å². The average molecular weight is 315 g/mol. The minimum Gasteiger partial charge on any atom is -0.320 e. The number of nitrogens with zero attached hydrogens (tertiary/aromatic N) is 2. The molecule has 2 rings (SSSR count). The quantitative estimate of drug-likeness (QED) is 0.930. The molecule has 0 heterocycles. The summed E-state index contributed by atoms with van der Waals surface area (Å²) in [5, 5.41) is 11.6. The Labute approximate surface area is 133 Å². The molecule has 2 aromatic carbocycles. The van der Waals surface area contributed by atoms with E-state index in [2.05, 4.69) is 5.32 Å². The lowest BCUT2D eigenvalue weighted by atomic mass is 10.2. The molecule has 0 bridgehead atoms. The van der Waals surface area contributed by atoms with Crippen molar-refractivity contribution in [3.05, 3.63) is 65.2 Å². The predicted molar refractivity (Wildman–Crippen MR) is 82.6 cm³/mol. The molecule has 2 amide bonds. The summed E-state index contributed by atoms with van der Waals surface area (Å²) >= 11 is 0. The van der Waals surface area contributed by atoms with E-state index in [1.165, 1.54) is 29.2 Å². The largest absolute Gasteiger partial charge is 0.322 e. The number of hydrogen-bond acceptors (Lipinski definition) is 2. The standard InChI is InChI=1S/C17H15F2N3O/c1-2-22(11-12-4-3-5-14(18)8-12)17(23)21-16-7-6-15(19)9-13(16)10-20/h3-9H,2,11H2,1H3,(H,21,23). The first-order chi connectivity index (χ1) is 11.0. The molecule has 0 fully saturated rings. The molecule has 0 unspecified atom stereocenters. The zero-order chi connectivity index (χ0) is 16.8. The van der Waals surface area contributed by atoms with Crippen LogP contribution in [0.25, 0.3) is 0 Å². The second-order valence-corrected chi connectivity index (χ2v) is 4.88. The minimum atomic E-state index is -0.549. The molecule has 0 aliphatic rings. The number of halogens is 2. The van der Waals surface area contributed by atoms with Gasteiger partial charge in [0, 0.05) is 13.1 Å². The first kappa shape index (κ1) is 16.4. The number of nitriles is 1. The van der Waals surface area contributed by atoms with Gasteiger partial charge in [-0.25, -0.2) is 13.6 Å². The lowest BCUT2D eigenvalue weighted by Gasteiger charge is -2.22. The molecule has 0 radical (unpaired) electrons. The Morgan fingerprint density at radius 2 is 1.96 bits per heavy atom. The zero-order valence-corrected chi connectivity index (χ0v) is 12.5. The van der Waals surface area contributed by atoms with Crippen molar-refractivity contribution in [1.29, 1.82) is 5.26 Å². The van der Waals surface area contributed by atoms with E-state index in [0.717, 1.165) is 6.07 Å². The Bertz CT molecular complexity index is 756. The van der Waals surface area contributed by atoms with Crippen LogP contribution in [-0.2, 0) is 6.54 Å². The van der Waals surface area contributed by atoms with Crippen LogP contribution < -0.4 is 5.32 Å². The third kappa shape index (κ3) is 4.27. The first-order valence-electron chi connectivity index (χ1n) is 7.03. The maximum absolute atomic E-state index is 13.2. The first-order valence-corrected chi connectivity index (χ1v) is 7.03. The second kappa shape index (κ2) is 7.36. The highest BCUT2D eigenvalue weighted by Gasteiger charge is 2.14. The summed E-state index contributed by atoms with van der Waals surface area (Å²) in [5.41, 5.74) is 0.929. The number of nitrogens with one attached hydrogen (secondary N) is 1. The zero-order valence-electron chi connectivity index (χ0n) is 12.5. The number of hydrogen-bond donors (Lipinski definition) is 1. The maximum Gasteiger partial charge on any atom is 0.322 e. The Balaban J connectivity index is 2.13. The monoisotopic (exact) mass is 315 g/mol. The van der Waals surface area contributed by atoms with Crippen molar-refractivity contribution in [3.63, 3.8) is 0 Å². The fourth-order valence-electron chi connectivity index (χ4n) is 2.10. The summed E-state index contributed by atoms with van der Waals surface area (Å²) < 4.78 is 26.3. The van der Waals surface area contributed by atoms with Crippen LogP contribution >= 0.6 is 0 Å². The van der Waals surface area contributed by atoms with Crippen molar-refractivity contribution < 1.29 is 13.6 Å². The van der Waals surface area contributed by atoms with Gasteiger partial charge in [0.1, 0.15) is 17.7 Å². The molecule has 6 heteroatoms. The third-order valence-electron chi connectivity index (χ3n) is 3.28. The summed E-state index contributed by atoms with van der Waals surface area (Å²) in [6.07, 6.45) is 0. The number of anilines is 1. The topological polar surface area (TPSA) is 56.1 Å². The highest BCUT2D eigenvalue weighted by molar-refractivity contribution is 5.90. The number of benzene rings is 2. The fraction of sp³-hybridized carbons (Fsp3) is 0.176. The van der Waals surface area contributed by atoms with Gasteiger partial charge in [-0.2, -0.15) is 5.26 Å². The van der Waals surface area contributed by atoms with Crippen LogP contribution in [0.4, 0.5) is 19.3 Å². The van der Waals surface area contributed by atoms with Gasteiger partial charge in [-0.05, 0) is 42.8 Å². The van der Waals surface area contributed by atoms with Crippen LogP contribution in [0.3, 0.4) is 0 Å². The molecule has 0 atom stereocenters. The number of carbonyl (C=O) groups excluding carboxylic acids is 1. The molecule has 0 aliphatic heterocycles. The Morgan fingerprint density at radius 1 is 1.22 bits per heavy atom. The Hall–Kier alpha value is -2.94. The number of amides is 2. The molecule has 4 nitrogen and oxygen atoms in total. The van der Waals surface area contributed by atoms with Gasteiger partial charge in [0.05, 0.1) is 11.3 Å². The third-order valence-corrected chi connectivity index (χ3v) is 3.28. The van der Waals surface area contributed by atoms with Gasteiger partial charge in [-0.1, -0.05) is 12.1 Å². The van der Waals surface area contributed by atoms with E-state index in [1.54, 1.807) is 19.1 Å². The highest BCUT2D eigenvalue weighted by atomic mass is 19.1. The van der Waals surface area contributed by atoms with Gasteiger partial charge in [-0.15, -0.1) is 0 Å². The second-order valence-electron chi connectivity index (χ2n) is 4.88. The summed E-state index contributed by atoms with van der Waals surface area (Å²) in [6, 6.07) is 10.9. The summed E-state index contributed by atoms with van der Waals surface area (Å²) in [5.74, 6) is -0.920. The number of urea groups is 1. The van der Waals surface area contributed by atoms with E-state index >= 15 is 0 Å². The molecule has 1 N–H and O–H groups in total. The van der Waals surface area contributed by atoms with Crippen LogP contribution in [0.2, 0.25) is 0 Å². The number of rotatable bonds is 4. The van der Waals surface area contributed by atoms with E-state index in [0.29, 0.717) is 12.1 Å². The van der Waals surface area contributed by atoms with Crippen LogP contribution in [0.5, 0.6) is 0 Å². The molecule has 2 aromatic rings. The van der Waals surface area contributed by atoms with E-state index in [4.69, 9.17) is 5.26 Å². The molecular formula is C17H15F2N3O. The Kier molecular flexibility index (Phi) is 5.26. The molecule has 0 spiro atoms. The van der Waals surface area contributed by atoms with Crippen molar-refractivity contribution in [3.8, 4) is 6.07 Å². The molecule has 0 saturated heterocycles. The molecular weight excluding hydrogens is 300 g/mol. The van der Waals surface area contributed by atoms with Gasteiger partial charge in [-0.3, -0.25) is 0 Å². The normalized spacial score (nSPS) is 10.0. The van der Waals surface area contributed by atoms with Crippen LogP contribution in [0, 0.1) is 23.0 Å². The molecule has 23 heavy (non-hydrogen) atoms. The number of carbonyl (C=O) groups is 1. The van der Waals surface area contributed by atoms with E-state index < -0.39 is 11.8 Å². The molecule has 118 valence electrons. The Morgan fingerprint density at radius 3 is 2.61 bits per heavy atom. The molecule has 0 aliphatic carbocycles. The fourth-order valence-corrected chi connectivity index (χ4v) is 2.10. The average Bonchev–Trinajstić information content (AvgIpc) is 2.54. The highest BCUT2D eigenvalue weighted by Crippen LogP contribution is 2.17. The minimum absolute atomic E-state index is 0.0418. The van der Waals surface area contributed by atoms with Crippen molar-refractivity contribution in [1.82, 2.24) is 4.90 Å². The van der Waals surface area contributed by atoms with E-state index in [1.807, 2.05) is 6.07 Å². The van der Waals surface area contributed by atoms with Gasteiger partial charge >= 0.3 is 6.03 Å². The summed E-state index contributed by atoms with van der Waals surface area (Å²) in [4.78, 5) is 13.8. The van der Waals surface area contributed by atoms with Gasteiger partial charge in [0.2, 0.25) is 0 Å². The van der Waals surface area contributed by atoms with Crippen molar-refractivity contribution >= 4 is 11.7 Å². The van der Waals surface area contributed by atoms with Crippen LogP contribution in [0.15, 0.2) is 42.5 Å². The van der Waals surface area contributed by atoms with Crippen molar-refractivity contribution in [2.24, 2.45) is 0 Å². The summed E-state index contributed by atoms with van der Waals surface area (Å²) in [6.45, 7) is 2.41. The van der Waals surface area contributed by atoms with E-state index in [9.17, 15) is 13.6 Å². The van der Waals surface area contributed by atoms with Crippen molar-refractivity contribution in [2.75, 3.05) is 11.9 Å². The van der Waals surface area contributed by atoms with Crippen molar-refractivity contribution in [2.45, 2.75) is 13.5 Å². The maximum atomic E-state index is 13.2. The predicted octanol–water partition coefficient (Wildman–Crippen LogP) is 3.89. The van der Waals surface area contributed by atoms with Gasteiger partial charge in [0.15, 0.2) is 0 Å². The lowest BCUT2D eigenvalue weighted by Crippen LogP contribution is -2.34. The SMILES string of the molecule is CCN(Cc1cccc(F)c1)C(=O)Nc1ccc(F)cc1C#N. The van der Waals surface area contributed by atoms with Crippen LogP contribution in [0.1, 0.15) is 18.1 Å². The molecule has 0 aromatic heterocycles. The van der Waals surface area contributed by atoms with E-state index in [-0.39, 0.29) is 23.6 Å². The smallest absolute Gasteiger partial charge is 0.320 e. The van der Waals surface area contributed by atoms with Crippen LogP contribution in [-0.4, -0.2) is 17.5 Å². The lowest BCUT2D eigenvalue weighted by molar-refractivity contribution is 0.212. The van der Waals surface area contributed by atoms with Gasteiger partial charge < -0.3 is 10.2 Å².